The molecule has 1 heterocycles. The van der Waals surface area contributed by atoms with E-state index in [0.29, 0.717) is 10.6 Å². The second-order valence-electron chi connectivity index (χ2n) is 4.76. The van der Waals surface area contributed by atoms with E-state index >= 15 is 0 Å². The first-order valence-corrected chi connectivity index (χ1v) is 7.46. The summed E-state index contributed by atoms with van der Waals surface area (Å²) in [5.41, 5.74) is 6.57. The fraction of sp³-hybridized carbons (Fsp3) is 0.462. The Bertz CT molecular complexity index is 466. The summed E-state index contributed by atoms with van der Waals surface area (Å²) in [6.07, 6.45) is 1.73. The number of amides is 1. The highest BCUT2D eigenvalue weighted by Gasteiger charge is 2.27. The smallest absolute Gasteiger partial charge is 0.254 e. The van der Waals surface area contributed by atoms with Crippen molar-refractivity contribution in [3.05, 3.63) is 32.4 Å². The number of halogens is 2. The predicted molar refractivity (Wildman–Crippen MR) is 81.9 cm³/mol. The Balaban J connectivity index is 2.18. The zero-order valence-electron chi connectivity index (χ0n) is 10.2. The van der Waals surface area contributed by atoms with Gasteiger partial charge in [0.25, 0.3) is 5.91 Å². The van der Waals surface area contributed by atoms with Crippen molar-refractivity contribution in [2.75, 3.05) is 6.54 Å². The highest BCUT2D eigenvalue weighted by atomic mass is 127. The van der Waals surface area contributed by atoms with Gasteiger partial charge in [0.2, 0.25) is 0 Å². The van der Waals surface area contributed by atoms with Gasteiger partial charge in [-0.3, -0.25) is 4.79 Å². The average Bonchev–Trinajstić information content (AvgIpc) is 2.32. The Morgan fingerprint density at radius 1 is 1.56 bits per heavy atom. The summed E-state index contributed by atoms with van der Waals surface area (Å²) in [7, 11) is 0. The van der Waals surface area contributed by atoms with Gasteiger partial charge in [0.15, 0.2) is 0 Å². The van der Waals surface area contributed by atoms with Crippen LogP contribution in [0.2, 0.25) is 5.02 Å². The quantitative estimate of drug-likeness (QED) is 0.764. The molecule has 1 aliphatic rings. The molecular weight excluding hydrogens is 363 g/mol. The minimum Gasteiger partial charge on any atom is -0.336 e. The van der Waals surface area contributed by atoms with E-state index in [1.54, 1.807) is 6.07 Å². The number of likely N-dealkylation sites (tertiary alicyclic amines) is 1. The predicted octanol–water partition coefficient (Wildman–Crippen LogP) is 2.90. The van der Waals surface area contributed by atoms with Gasteiger partial charge in [0, 0.05) is 27.8 Å². The maximum atomic E-state index is 12.4. The number of carbonyl (C=O) groups excluding carboxylic acids is 1. The van der Waals surface area contributed by atoms with Gasteiger partial charge in [-0.2, -0.15) is 0 Å². The molecule has 2 unspecified atom stereocenters. The third-order valence-corrected chi connectivity index (χ3v) is 4.92. The SMILES string of the molecule is CC1CC(N)CCN1C(=O)c1ccc(I)c(Cl)c1. The molecule has 0 spiro atoms. The Labute approximate surface area is 126 Å². The highest BCUT2D eigenvalue weighted by Crippen LogP contribution is 2.23. The van der Waals surface area contributed by atoms with Crippen molar-refractivity contribution in [3.8, 4) is 0 Å². The molecule has 2 N–H and O–H groups in total. The molecule has 1 aromatic rings. The van der Waals surface area contributed by atoms with Crippen LogP contribution in [0.15, 0.2) is 18.2 Å². The van der Waals surface area contributed by atoms with E-state index in [-0.39, 0.29) is 18.0 Å². The number of hydrogen-bond donors (Lipinski definition) is 1. The van der Waals surface area contributed by atoms with E-state index in [4.69, 9.17) is 17.3 Å². The van der Waals surface area contributed by atoms with E-state index in [1.807, 2.05) is 24.0 Å². The zero-order valence-corrected chi connectivity index (χ0v) is 13.1. The van der Waals surface area contributed by atoms with Gasteiger partial charge in [0.1, 0.15) is 0 Å². The first kappa shape index (κ1) is 14.1. The minimum absolute atomic E-state index is 0.0488. The molecule has 18 heavy (non-hydrogen) atoms. The lowest BCUT2D eigenvalue weighted by Crippen LogP contribution is -2.48. The summed E-state index contributed by atoms with van der Waals surface area (Å²) >= 11 is 8.21. The topological polar surface area (TPSA) is 46.3 Å². The zero-order chi connectivity index (χ0) is 13.3. The largest absolute Gasteiger partial charge is 0.336 e. The van der Waals surface area contributed by atoms with Gasteiger partial charge in [-0.25, -0.2) is 0 Å². The third-order valence-electron chi connectivity index (χ3n) is 3.34. The fourth-order valence-corrected chi connectivity index (χ4v) is 2.82. The normalized spacial score (nSPS) is 24.1. The lowest BCUT2D eigenvalue weighted by atomic mass is 9.98. The fourth-order valence-electron chi connectivity index (χ4n) is 2.31. The van der Waals surface area contributed by atoms with Crippen molar-refractivity contribution in [1.82, 2.24) is 4.90 Å². The van der Waals surface area contributed by atoms with Crippen LogP contribution in [0.1, 0.15) is 30.1 Å². The highest BCUT2D eigenvalue weighted by molar-refractivity contribution is 14.1. The van der Waals surface area contributed by atoms with Gasteiger partial charge in [-0.05, 0) is 60.6 Å². The van der Waals surface area contributed by atoms with Crippen LogP contribution in [0.4, 0.5) is 0 Å². The van der Waals surface area contributed by atoms with Crippen LogP contribution in [-0.4, -0.2) is 29.4 Å². The number of carbonyl (C=O) groups is 1. The molecule has 0 aromatic heterocycles. The summed E-state index contributed by atoms with van der Waals surface area (Å²) in [5, 5.41) is 0.628. The Hall–Kier alpha value is -0.330. The molecule has 1 amide bonds. The molecule has 5 heteroatoms. The molecule has 0 bridgehead atoms. The summed E-state index contributed by atoms with van der Waals surface area (Å²) in [5.74, 6) is 0.0488. The van der Waals surface area contributed by atoms with E-state index < -0.39 is 0 Å². The molecule has 1 aromatic carbocycles. The molecule has 98 valence electrons. The lowest BCUT2D eigenvalue weighted by molar-refractivity contribution is 0.0619. The molecule has 2 rings (SSSR count). The van der Waals surface area contributed by atoms with E-state index in [1.165, 1.54) is 0 Å². The van der Waals surface area contributed by atoms with Crippen LogP contribution in [0, 0.1) is 3.57 Å². The monoisotopic (exact) mass is 378 g/mol. The second-order valence-corrected chi connectivity index (χ2v) is 6.33. The molecule has 0 radical (unpaired) electrons. The average molecular weight is 379 g/mol. The number of rotatable bonds is 1. The summed E-state index contributed by atoms with van der Waals surface area (Å²) in [6.45, 7) is 2.77. The maximum Gasteiger partial charge on any atom is 0.254 e. The van der Waals surface area contributed by atoms with Crippen LogP contribution in [0.5, 0.6) is 0 Å². The van der Waals surface area contributed by atoms with E-state index in [2.05, 4.69) is 22.6 Å². The van der Waals surface area contributed by atoms with Crippen LogP contribution >= 0.6 is 34.2 Å². The van der Waals surface area contributed by atoms with Crippen molar-refractivity contribution in [2.45, 2.75) is 31.8 Å². The van der Waals surface area contributed by atoms with Crippen molar-refractivity contribution >= 4 is 40.1 Å². The number of hydrogen-bond acceptors (Lipinski definition) is 2. The van der Waals surface area contributed by atoms with Crippen molar-refractivity contribution in [2.24, 2.45) is 5.73 Å². The lowest BCUT2D eigenvalue weighted by Gasteiger charge is -2.36. The van der Waals surface area contributed by atoms with Gasteiger partial charge < -0.3 is 10.6 Å². The van der Waals surface area contributed by atoms with E-state index in [9.17, 15) is 4.79 Å². The first-order valence-electron chi connectivity index (χ1n) is 6.00. The number of benzene rings is 1. The van der Waals surface area contributed by atoms with E-state index in [0.717, 1.165) is 23.0 Å². The van der Waals surface area contributed by atoms with Crippen molar-refractivity contribution in [3.63, 3.8) is 0 Å². The van der Waals surface area contributed by atoms with Crippen molar-refractivity contribution in [1.29, 1.82) is 0 Å². The molecule has 2 atom stereocenters. The number of nitrogens with two attached hydrogens (primary N) is 1. The molecule has 3 nitrogen and oxygen atoms in total. The Morgan fingerprint density at radius 2 is 2.28 bits per heavy atom. The minimum atomic E-state index is 0.0488. The van der Waals surface area contributed by atoms with Gasteiger partial charge >= 0.3 is 0 Å². The molecule has 0 aliphatic carbocycles. The first-order chi connectivity index (χ1) is 8.49. The van der Waals surface area contributed by atoms with Gasteiger partial charge in [-0.1, -0.05) is 11.6 Å². The number of nitrogens with zero attached hydrogens (tertiary/aromatic N) is 1. The third kappa shape index (κ3) is 2.97. The molecule has 1 aliphatic heterocycles. The summed E-state index contributed by atoms with van der Waals surface area (Å²) in [6, 6.07) is 5.85. The molecule has 0 saturated carbocycles. The Morgan fingerprint density at radius 3 is 2.89 bits per heavy atom. The Kier molecular flexibility index (Phi) is 4.50. The standard InChI is InChI=1S/C13H16ClIN2O/c1-8-6-10(16)4-5-17(8)13(18)9-2-3-12(15)11(14)7-9/h2-3,7-8,10H,4-6,16H2,1H3. The van der Waals surface area contributed by atoms with Gasteiger partial charge in [-0.15, -0.1) is 0 Å². The molecule has 1 saturated heterocycles. The number of piperidine rings is 1. The maximum absolute atomic E-state index is 12.4. The van der Waals surface area contributed by atoms with Crippen LogP contribution in [-0.2, 0) is 0 Å². The molecule has 1 fully saturated rings. The van der Waals surface area contributed by atoms with Gasteiger partial charge in [0.05, 0.1) is 5.02 Å². The summed E-state index contributed by atoms with van der Waals surface area (Å²) < 4.78 is 0.958. The van der Waals surface area contributed by atoms with Crippen LogP contribution in [0.3, 0.4) is 0 Å². The second kappa shape index (κ2) is 5.75. The molecular formula is C13H16ClIN2O. The van der Waals surface area contributed by atoms with Crippen LogP contribution < -0.4 is 5.73 Å². The summed E-state index contributed by atoms with van der Waals surface area (Å²) in [4.78, 5) is 14.3. The van der Waals surface area contributed by atoms with Crippen molar-refractivity contribution < 1.29 is 4.79 Å². The van der Waals surface area contributed by atoms with Crippen LogP contribution in [0.25, 0.3) is 0 Å².